The largest absolute Gasteiger partial charge is 0.550 e. The molecular weight excluding hydrogens is 278 g/mol. The van der Waals surface area contributed by atoms with Gasteiger partial charge in [0.25, 0.3) is 5.56 Å². The Labute approximate surface area is 119 Å². The number of nitrogen functional groups attached to an aromatic ring is 1. The molecule has 1 aromatic heterocycles. The molecule has 0 fully saturated rings. The molecule has 7 heteroatoms. The highest BCUT2D eigenvalue weighted by molar-refractivity contribution is 7.99. The van der Waals surface area contributed by atoms with Crippen LogP contribution in [0, 0.1) is 0 Å². The summed E-state index contributed by atoms with van der Waals surface area (Å²) in [6.07, 6.45) is -0.121. The number of aliphatic carboxylic acids is 1. The molecule has 0 atom stereocenters. The Bertz CT molecular complexity index is 670. The van der Waals surface area contributed by atoms with Crippen LogP contribution in [0.5, 0.6) is 0 Å². The van der Waals surface area contributed by atoms with Crippen LogP contribution in [0.25, 0.3) is 5.69 Å². The van der Waals surface area contributed by atoms with E-state index in [2.05, 4.69) is 4.98 Å². The average molecular weight is 290 g/mol. The van der Waals surface area contributed by atoms with Gasteiger partial charge in [-0.25, -0.2) is 0 Å². The van der Waals surface area contributed by atoms with E-state index in [1.165, 1.54) is 6.07 Å². The van der Waals surface area contributed by atoms with E-state index >= 15 is 0 Å². The van der Waals surface area contributed by atoms with Crippen LogP contribution < -0.4 is 16.4 Å². The molecule has 0 amide bonds. The van der Waals surface area contributed by atoms with E-state index in [1.54, 1.807) is 4.57 Å². The van der Waals surface area contributed by atoms with E-state index in [9.17, 15) is 14.7 Å². The van der Waals surface area contributed by atoms with Crippen molar-refractivity contribution in [1.82, 2.24) is 9.55 Å². The Kier molecular flexibility index (Phi) is 4.41. The number of carbonyl (C=O) groups is 1. The van der Waals surface area contributed by atoms with Crippen molar-refractivity contribution in [1.29, 1.82) is 0 Å². The van der Waals surface area contributed by atoms with Crippen molar-refractivity contribution in [2.24, 2.45) is 0 Å². The van der Waals surface area contributed by atoms with Crippen LogP contribution in [0.2, 0.25) is 0 Å². The van der Waals surface area contributed by atoms with Crippen LogP contribution in [0.4, 0.5) is 5.82 Å². The number of para-hydroxylation sites is 1. The Morgan fingerprint density at radius 1 is 1.35 bits per heavy atom. The van der Waals surface area contributed by atoms with Gasteiger partial charge in [-0.15, -0.1) is 0 Å². The number of hydrogen-bond acceptors (Lipinski definition) is 6. The Morgan fingerprint density at radius 3 is 2.70 bits per heavy atom. The molecule has 0 radical (unpaired) electrons. The zero-order valence-electron chi connectivity index (χ0n) is 10.5. The predicted molar refractivity (Wildman–Crippen MR) is 74.6 cm³/mol. The number of carbonyl (C=O) groups excluding carboxylic acids is 1. The number of hydrogen-bond donors (Lipinski definition) is 1. The number of thioether (sulfide) groups is 1. The van der Waals surface area contributed by atoms with E-state index < -0.39 is 11.5 Å². The topological polar surface area (TPSA) is 101 Å². The molecule has 0 aliphatic rings. The number of nitrogens with two attached hydrogens (primary N) is 1. The standard InChI is InChI=1S/C13H13N3O3S/c14-10-8-11(17)15-13(20-7-6-12(18)19)16(10)9-4-2-1-3-5-9/h1-5,8H,6-7,14H2,(H,18,19)/p-1. The maximum absolute atomic E-state index is 11.4. The average Bonchev–Trinajstić information content (AvgIpc) is 2.38. The van der Waals surface area contributed by atoms with Gasteiger partial charge in [-0.2, -0.15) is 4.98 Å². The van der Waals surface area contributed by atoms with Gasteiger partial charge in [0.05, 0.1) is 0 Å². The van der Waals surface area contributed by atoms with Gasteiger partial charge in [0.1, 0.15) is 5.82 Å². The molecule has 0 unspecified atom stereocenters. The minimum absolute atomic E-state index is 0.121. The maximum Gasteiger partial charge on any atom is 0.275 e. The number of benzene rings is 1. The first-order valence-electron chi connectivity index (χ1n) is 5.85. The lowest BCUT2D eigenvalue weighted by Crippen LogP contribution is -2.22. The lowest BCUT2D eigenvalue weighted by molar-refractivity contribution is -0.305. The Hall–Kier alpha value is -2.28. The van der Waals surface area contributed by atoms with Crippen molar-refractivity contribution in [3.63, 3.8) is 0 Å². The molecule has 0 spiro atoms. The van der Waals surface area contributed by atoms with Gasteiger partial charge < -0.3 is 15.6 Å². The van der Waals surface area contributed by atoms with Crippen molar-refractivity contribution < 1.29 is 9.90 Å². The fourth-order valence-electron chi connectivity index (χ4n) is 1.64. The van der Waals surface area contributed by atoms with Gasteiger partial charge >= 0.3 is 0 Å². The van der Waals surface area contributed by atoms with Crippen molar-refractivity contribution >= 4 is 23.5 Å². The van der Waals surface area contributed by atoms with Gasteiger partial charge in [0.2, 0.25) is 0 Å². The first-order valence-corrected chi connectivity index (χ1v) is 6.84. The number of aromatic nitrogens is 2. The molecule has 6 nitrogen and oxygen atoms in total. The highest BCUT2D eigenvalue weighted by atomic mass is 32.2. The molecule has 2 N–H and O–H groups in total. The molecule has 1 aromatic carbocycles. The summed E-state index contributed by atoms with van der Waals surface area (Å²) in [5.41, 5.74) is 6.17. The van der Waals surface area contributed by atoms with Crippen LogP contribution in [0.3, 0.4) is 0 Å². The quantitative estimate of drug-likeness (QED) is 0.616. The van der Waals surface area contributed by atoms with Crippen molar-refractivity contribution in [2.75, 3.05) is 11.5 Å². The van der Waals surface area contributed by atoms with E-state index in [4.69, 9.17) is 5.73 Å². The van der Waals surface area contributed by atoms with E-state index in [-0.39, 0.29) is 18.0 Å². The summed E-state index contributed by atoms with van der Waals surface area (Å²) in [7, 11) is 0. The van der Waals surface area contributed by atoms with Gasteiger partial charge in [0.15, 0.2) is 5.16 Å². The highest BCUT2D eigenvalue weighted by Crippen LogP contribution is 2.22. The molecule has 20 heavy (non-hydrogen) atoms. The van der Waals surface area contributed by atoms with Gasteiger partial charge in [-0.05, 0) is 18.6 Å². The molecule has 1 heterocycles. The summed E-state index contributed by atoms with van der Waals surface area (Å²) in [6, 6.07) is 10.4. The second-order valence-corrected chi connectivity index (χ2v) is 5.01. The molecule has 2 rings (SSSR count). The molecule has 104 valence electrons. The monoisotopic (exact) mass is 290 g/mol. The van der Waals surface area contributed by atoms with Gasteiger partial charge in [-0.3, -0.25) is 9.36 Å². The van der Waals surface area contributed by atoms with Crippen molar-refractivity contribution in [2.45, 2.75) is 11.6 Å². The third kappa shape index (κ3) is 3.39. The summed E-state index contributed by atoms with van der Waals surface area (Å²) >= 11 is 1.15. The SMILES string of the molecule is Nc1cc(=O)nc(SCCC(=O)[O-])n1-c1ccccc1. The molecule has 0 aliphatic heterocycles. The van der Waals surface area contributed by atoms with Crippen LogP contribution in [0.1, 0.15) is 6.42 Å². The smallest absolute Gasteiger partial charge is 0.275 e. The second-order valence-electron chi connectivity index (χ2n) is 3.94. The third-order valence-corrected chi connectivity index (χ3v) is 3.42. The van der Waals surface area contributed by atoms with Crippen LogP contribution >= 0.6 is 11.8 Å². The van der Waals surface area contributed by atoms with Crippen molar-refractivity contribution in [3.05, 3.63) is 46.8 Å². The number of anilines is 1. The maximum atomic E-state index is 11.4. The summed E-state index contributed by atoms with van der Waals surface area (Å²) in [5, 5.41) is 10.8. The Balaban J connectivity index is 2.39. The molecule has 2 aromatic rings. The van der Waals surface area contributed by atoms with Gasteiger partial charge in [-0.1, -0.05) is 30.0 Å². The Morgan fingerprint density at radius 2 is 2.05 bits per heavy atom. The zero-order valence-corrected chi connectivity index (χ0v) is 11.3. The van der Waals surface area contributed by atoms with Gasteiger partial charge in [0, 0.05) is 23.5 Å². The molecule has 0 saturated carbocycles. The minimum Gasteiger partial charge on any atom is -0.550 e. The third-order valence-electron chi connectivity index (χ3n) is 2.48. The second kappa shape index (κ2) is 6.25. The van der Waals surface area contributed by atoms with Crippen LogP contribution in [0.15, 0.2) is 46.3 Å². The minimum atomic E-state index is -1.14. The van der Waals surface area contributed by atoms with E-state index in [1.807, 2.05) is 30.3 Å². The van der Waals surface area contributed by atoms with Crippen LogP contribution in [-0.4, -0.2) is 21.3 Å². The summed E-state index contributed by atoms with van der Waals surface area (Å²) in [5.74, 6) is -0.632. The molecule has 0 aliphatic carbocycles. The molecule has 0 bridgehead atoms. The number of rotatable bonds is 5. The first-order chi connectivity index (χ1) is 9.58. The molecule has 0 saturated heterocycles. The first kappa shape index (κ1) is 14.1. The lowest BCUT2D eigenvalue weighted by atomic mass is 10.3. The van der Waals surface area contributed by atoms with E-state index in [0.717, 1.165) is 17.4 Å². The lowest BCUT2D eigenvalue weighted by Gasteiger charge is -2.14. The summed E-state index contributed by atoms with van der Waals surface area (Å²) in [6.45, 7) is 0. The fourth-order valence-corrected chi connectivity index (χ4v) is 2.58. The molecular formula is C13H12N3O3S-. The normalized spacial score (nSPS) is 10.4. The number of nitrogens with zero attached hydrogens (tertiary/aromatic N) is 2. The van der Waals surface area contributed by atoms with Crippen LogP contribution in [-0.2, 0) is 4.79 Å². The van der Waals surface area contributed by atoms with E-state index in [0.29, 0.717) is 5.16 Å². The summed E-state index contributed by atoms with van der Waals surface area (Å²) in [4.78, 5) is 25.8. The zero-order chi connectivity index (χ0) is 14.5. The summed E-state index contributed by atoms with van der Waals surface area (Å²) < 4.78 is 1.61. The number of carboxylic acid groups (broad SMARTS) is 1. The number of carboxylic acids is 1. The fraction of sp³-hybridized carbons (Fsp3) is 0.154. The van der Waals surface area contributed by atoms with Crippen molar-refractivity contribution in [3.8, 4) is 5.69 Å². The predicted octanol–water partition coefficient (Wildman–Crippen LogP) is 0.0468. The highest BCUT2D eigenvalue weighted by Gasteiger charge is 2.09.